The first-order valence-corrected chi connectivity index (χ1v) is 10.6. The van der Waals surface area contributed by atoms with Gasteiger partial charge in [0, 0.05) is 24.5 Å². The van der Waals surface area contributed by atoms with Crippen LogP contribution in [0.15, 0.2) is 53.4 Å². The predicted molar refractivity (Wildman–Crippen MR) is 110 cm³/mol. The van der Waals surface area contributed by atoms with Crippen LogP contribution in [0.4, 0.5) is 11.4 Å². The molecule has 0 saturated carbocycles. The first-order valence-electron chi connectivity index (χ1n) is 8.71. The van der Waals surface area contributed by atoms with Gasteiger partial charge in [-0.15, -0.1) is 0 Å². The summed E-state index contributed by atoms with van der Waals surface area (Å²) < 4.78 is 26.9. The minimum atomic E-state index is -3.40. The molecule has 2 aromatic carbocycles. The lowest BCUT2D eigenvalue weighted by molar-refractivity contribution is 0.346. The minimum Gasteiger partial charge on any atom is -0.332 e. The number of para-hydroxylation sites is 1. The highest BCUT2D eigenvalue weighted by Gasteiger charge is 2.25. The van der Waals surface area contributed by atoms with Crippen molar-refractivity contribution in [3.63, 3.8) is 0 Å². The van der Waals surface area contributed by atoms with Crippen molar-refractivity contribution in [1.82, 2.24) is 4.31 Å². The second-order valence-electron chi connectivity index (χ2n) is 6.38. The summed E-state index contributed by atoms with van der Waals surface area (Å²) in [7, 11) is -3.40. The summed E-state index contributed by atoms with van der Waals surface area (Å²) in [4.78, 5) is 0.322. The van der Waals surface area contributed by atoms with E-state index in [1.54, 1.807) is 28.6 Å². The van der Waals surface area contributed by atoms with Crippen LogP contribution in [0.5, 0.6) is 0 Å². The van der Waals surface area contributed by atoms with Gasteiger partial charge in [0.15, 0.2) is 5.11 Å². The van der Waals surface area contributed by atoms with Crippen LogP contribution in [-0.2, 0) is 10.0 Å². The van der Waals surface area contributed by atoms with E-state index in [9.17, 15) is 8.42 Å². The van der Waals surface area contributed by atoms with Gasteiger partial charge >= 0.3 is 0 Å². The molecule has 1 heterocycles. The zero-order chi connectivity index (χ0) is 18.6. The summed E-state index contributed by atoms with van der Waals surface area (Å²) in [6, 6.07) is 14.6. The SMILES string of the molecule is Cc1ccccc1NC(=S)Nc1ccc(S(=O)(=O)N2CCCCC2)cc1. The van der Waals surface area contributed by atoms with E-state index in [2.05, 4.69) is 10.6 Å². The van der Waals surface area contributed by atoms with Crippen LogP contribution in [0, 0.1) is 6.92 Å². The lowest BCUT2D eigenvalue weighted by Gasteiger charge is -2.25. The Bertz CT molecular complexity index is 874. The Morgan fingerprint density at radius 2 is 1.62 bits per heavy atom. The van der Waals surface area contributed by atoms with Gasteiger partial charge in [0.2, 0.25) is 10.0 Å². The average Bonchev–Trinajstić information content (AvgIpc) is 2.65. The number of nitrogens with zero attached hydrogens (tertiary/aromatic N) is 1. The molecule has 0 aromatic heterocycles. The maximum absolute atomic E-state index is 12.7. The van der Waals surface area contributed by atoms with Crippen LogP contribution in [0.1, 0.15) is 24.8 Å². The van der Waals surface area contributed by atoms with Crippen molar-refractivity contribution in [2.45, 2.75) is 31.1 Å². The topological polar surface area (TPSA) is 61.4 Å². The zero-order valence-corrected chi connectivity index (χ0v) is 16.4. The summed E-state index contributed by atoms with van der Waals surface area (Å²) in [6.07, 6.45) is 2.95. The Hall–Kier alpha value is -1.96. The Morgan fingerprint density at radius 1 is 0.962 bits per heavy atom. The molecule has 1 fully saturated rings. The van der Waals surface area contributed by atoms with Gasteiger partial charge in [-0.3, -0.25) is 0 Å². The van der Waals surface area contributed by atoms with Crippen molar-refractivity contribution in [3.05, 3.63) is 54.1 Å². The lowest BCUT2D eigenvalue weighted by atomic mass is 10.2. The normalized spacial score (nSPS) is 15.4. The van der Waals surface area contributed by atoms with Crippen LogP contribution in [0.2, 0.25) is 0 Å². The largest absolute Gasteiger partial charge is 0.332 e. The number of aryl methyl sites for hydroxylation is 1. The molecule has 0 spiro atoms. The molecular formula is C19H23N3O2S2. The maximum Gasteiger partial charge on any atom is 0.243 e. The number of rotatable bonds is 4. The molecule has 0 unspecified atom stereocenters. The highest BCUT2D eigenvalue weighted by atomic mass is 32.2. The van der Waals surface area contributed by atoms with Crippen molar-refractivity contribution in [3.8, 4) is 0 Å². The fourth-order valence-electron chi connectivity index (χ4n) is 2.96. The number of piperidine rings is 1. The Kier molecular flexibility index (Phi) is 5.90. The van der Waals surface area contributed by atoms with Gasteiger partial charge < -0.3 is 10.6 Å². The second kappa shape index (κ2) is 8.16. The molecule has 0 aliphatic carbocycles. The molecule has 0 atom stereocenters. The molecule has 1 aliphatic rings. The number of thiocarbonyl (C=S) groups is 1. The molecule has 1 saturated heterocycles. The molecule has 138 valence electrons. The highest BCUT2D eigenvalue weighted by Crippen LogP contribution is 2.22. The maximum atomic E-state index is 12.7. The van der Waals surface area contributed by atoms with E-state index in [0.29, 0.717) is 23.1 Å². The molecule has 1 aliphatic heterocycles. The molecule has 0 radical (unpaired) electrons. The van der Waals surface area contributed by atoms with Crippen molar-refractivity contribution in [2.75, 3.05) is 23.7 Å². The number of hydrogen-bond donors (Lipinski definition) is 2. The number of benzene rings is 2. The minimum absolute atomic E-state index is 0.322. The highest BCUT2D eigenvalue weighted by molar-refractivity contribution is 7.89. The van der Waals surface area contributed by atoms with Crippen molar-refractivity contribution < 1.29 is 8.42 Å². The van der Waals surface area contributed by atoms with Crippen molar-refractivity contribution in [2.24, 2.45) is 0 Å². The third kappa shape index (κ3) is 4.41. The summed E-state index contributed by atoms with van der Waals surface area (Å²) >= 11 is 5.34. The van der Waals surface area contributed by atoms with Gasteiger partial charge in [-0.25, -0.2) is 8.42 Å². The number of nitrogens with one attached hydrogen (secondary N) is 2. The van der Waals surface area contributed by atoms with E-state index < -0.39 is 10.0 Å². The molecule has 0 amide bonds. The first kappa shape index (κ1) is 18.8. The zero-order valence-electron chi connectivity index (χ0n) is 14.7. The lowest BCUT2D eigenvalue weighted by Crippen LogP contribution is -2.35. The van der Waals surface area contributed by atoms with Gasteiger partial charge in [0.25, 0.3) is 0 Å². The Labute approximate surface area is 160 Å². The molecular weight excluding hydrogens is 366 g/mol. The average molecular weight is 390 g/mol. The fourth-order valence-corrected chi connectivity index (χ4v) is 4.71. The van der Waals surface area contributed by atoms with Crippen LogP contribution in [0.3, 0.4) is 0 Å². The molecule has 2 N–H and O–H groups in total. The van der Waals surface area contributed by atoms with Crippen LogP contribution in [0.25, 0.3) is 0 Å². The smallest absolute Gasteiger partial charge is 0.243 e. The first-order chi connectivity index (χ1) is 12.5. The van der Waals surface area contributed by atoms with Gasteiger partial charge in [-0.2, -0.15) is 4.31 Å². The number of sulfonamides is 1. The summed E-state index contributed by atoms with van der Waals surface area (Å²) in [6.45, 7) is 3.21. The number of hydrogen-bond acceptors (Lipinski definition) is 3. The predicted octanol–water partition coefficient (Wildman–Crippen LogP) is 3.98. The Morgan fingerprint density at radius 3 is 2.27 bits per heavy atom. The summed E-state index contributed by atoms with van der Waals surface area (Å²) in [5.41, 5.74) is 2.78. The van der Waals surface area contributed by atoms with E-state index in [1.165, 1.54) is 0 Å². The molecule has 0 bridgehead atoms. The van der Waals surface area contributed by atoms with E-state index in [4.69, 9.17) is 12.2 Å². The van der Waals surface area contributed by atoms with Crippen LogP contribution >= 0.6 is 12.2 Å². The van der Waals surface area contributed by atoms with Gasteiger partial charge in [0.05, 0.1) is 4.90 Å². The third-order valence-electron chi connectivity index (χ3n) is 4.46. The summed E-state index contributed by atoms with van der Waals surface area (Å²) in [5, 5.41) is 6.70. The fraction of sp³-hybridized carbons (Fsp3) is 0.316. The van der Waals surface area contributed by atoms with Crippen molar-refractivity contribution in [1.29, 1.82) is 0 Å². The molecule has 2 aromatic rings. The standard InChI is InChI=1S/C19H23N3O2S2/c1-15-7-3-4-8-18(15)21-19(25)20-16-9-11-17(12-10-16)26(23,24)22-13-5-2-6-14-22/h3-4,7-12H,2,5-6,13-14H2,1H3,(H2,20,21,25). The molecule has 7 heteroatoms. The number of anilines is 2. The van der Waals surface area contributed by atoms with Gasteiger partial charge in [-0.05, 0) is 67.9 Å². The van der Waals surface area contributed by atoms with Gasteiger partial charge in [0.1, 0.15) is 0 Å². The van der Waals surface area contributed by atoms with E-state index in [-0.39, 0.29) is 0 Å². The van der Waals surface area contributed by atoms with Crippen LogP contribution < -0.4 is 10.6 Å². The Balaban J connectivity index is 1.66. The van der Waals surface area contributed by atoms with Crippen molar-refractivity contribution >= 4 is 38.7 Å². The second-order valence-corrected chi connectivity index (χ2v) is 8.73. The van der Waals surface area contributed by atoms with Crippen LogP contribution in [-0.4, -0.2) is 30.9 Å². The quantitative estimate of drug-likeness (QED) is 0.775. The molecule has 5 nitrogen and oxygen atoms in total. The third-order valence-corrected chi connectivity index (χ3v) is 6.58. The molecule has 3 rings (SSSR count). The molecule has 26 heavy (non-hydrogen) atoms. The summed E-state index contributed by atoms with van der Waals surface area (Å²) in [5.74, 6) is 0. The van der Waals surface area contributed by atoms with E-state index >= 15 is 0 Å². The van der Waals surface area contributed by atoms with Gasteiger partial charge in [-0.1, -0.05) is 24.6 Å². The monoisotopic (exact) mass is 389 g/mol. The van der Waals surface area contributed by atoms with E-state index in [0.717, 1.165) is 36.2 Å². The van der Waals surface area contributed by atoms with E-state index in [1.807, 2.05) is 31.2 Å².